The summed E-state index contributed by atoms with van der Waals surface area (Å²) in [5.41, 5.74) is 2.17. The second-order valence-corrected chi connectivity index (χ2v) is 8.46. The highest BCUT2D eigenvalue weighted by Crippen LogP contribution is 2.69. The maximum Gasteiger partial charge on any atom is 0.128 e. The summed E-state index contributed by atoms with van der Waals surface area (Å²) in [4.78, 5) is 11.3. The number of aldehydes is 1. The molecule has 0 heterocycles. The number of benzene rings is 2. The molecule has 2 aromatic carbocycles. The molecule has 2 heteroatoms. The van der Waals surface area contributed by atoms with Crippen LogP contribution in [0.3, 0.4) is 0 Å². The van der Waals surface area contributed by atoms with Gasteiger partial charge in [0.15, 0.2) is 0 Å². The topological polar surface area (TPSA) is 37.3 Å². The van der Waals surface area contributed by atoms with Crippen LogP contribution in [0.2, 0.25) is 0 Å². The Morgan fingerprint density at radius 1 is 1.04 bits per heavy atom. The lowest BCUT2D eigenvalue weighted by molar-refractivity contribution is -0.121. The molecule has 4 unspecified atom stereocenters. The minimum absolute atomic E-state index is 0.0764. The van der Waals surface area contributed by atoms with Crippen LogP contribution in [0.25, 0.3) is 0 Å². The Hall–Kier alpha value is -1.93. The highest BCUT2D eigenvalue weighted by atomic mass is 16.3. The molecule has 0 radical (unpaired) electrons. The van der Waals surface area contributed by atoms with Crippen LogP contribution in [-0.2, 0) is 10.2 Å². The van der Waals surface area contributed by atoms with Gasteiger partial charge < -0.3 is 9.90 Å². The van der Waals surface area contributed by atoms with Gasteiger partial charge in [0.05, 0.1) is 6.10 Å². The molecule has 1 N–H and O–H groups in total. The molecular weight excluding hydrogens is 308 g/mol. The molecule has 0 bridgehead atoms. The Morgan fingerprint density at radius 3 is 2.04 bits per heavy atom. The zero-order chi connectivity index (χ0) is 17.7. The van der Waals surface area contributed by atoms with Gasteiger partial charge in [-0.3, -0.25) is 0 Å². The van der Waals surface area contributed by atoms with Gasteiger partial charge in [-0.2, -0.15) is 0 Å². The molecular formula is C23H26O2. The van der Waals surface area contributed by atoms with E-state index < -0.39 is 11.5 Å². The van der Waals surface area contributed by atoms with E-state index in [1.54, 1.807) is 0 Å². The Labute approximate surface area is 149 Å². The number of hydrogen-bond donors (Lipinski definition) is 1. The largest absolute Gasteiger partial charge is 0.392 e. The van der Waals surface area contributed by atoms with Crippen LogP contribution in [0, 0.1) is 23.2 Å². The molecule has 2 nitrogen and oxygen atoms in total. The first-order chi connectivity index (χ1) is 12.0. The van der Waals surface area contributed by atoms with Crippen molar-refractivity contribution < 1.29 is 9.90 Å². The Kier molecular flexibility index (Phi) is 3.84. The lowest BCUT2D eigenvalue weighted by atomic mass is 9.82. The number of aliphatic hydroxyl groups excluding tert-OH is 1. The minimum atomic E-state index is -0.656. The molecule has 4 atom stereocenters. The van der Waals surface area contributed by atoms with Gasteiger partial charge in [-0.15, -0.1) is 0 Å². The molecule has 2 aliphatic carbocycles. The second-order valence-electron chi connectivity index (χ2n) is 8.46. The predicted octanol–water partition coefficient (Wildman–Crippen LogP) is 4.21. The van der Waals surface area contributed by atoms with E-state index in [2.05, 4.69) is 60.7 Å². The lowest BCUT2D eigenvalue weighted by Crippen LogP contribution is -2.33. The van der Waals surface area contributed by atoms with Crippen molar-refractivity contribution in [1.82, 2.24) is 0 Å². The van der Waals surface area contributed by atoms with E-state index in [1.807, 2.05) is 13.8 Å². The number of carbonyl (C=O) groups excluding carboxylic acids is 1. The molecule has 0 aromatic heterocycles. The van der Waals surface area contributed by atoms with E-state index >= 15 is 0 Å². The average Bonchev–Trinajstić information content (AvgIpc) is 3.55. The van der Waals surface area contributed by atoms with Crippen LogP contribution in [0.5, 0.6) is 0 Å². The minimum Gasteiger partial charge on any atom is -0.392 e. The van der Waals surface area contributed by atoms with Gasteiger partial charge >= 0.3 is 0 Å². The van der Waals surface area contributed by atoms with Gasteiger partial charge in [0.1, 0.15) is 6.29 Å². The summed E-state index contributed by atoms with van der Waals surface area (Å²) in [7, 11) is 0. The summed E-state index contributed by atoms with van der Waals surface area (Å²) >= 11 is 0. The van der Waals surface area contributed by atoms with Gasteiger partial charge in [-0.25, -0.2) is 0 Å². The Morgan fingerprint density at radius 2 is 1.56 bits per heavy atom. The lowest BCUT2D eigenvalue weighted by Gasteiger charge is -2.25. The molecule has 0 aliphatic heterocycles. The van der Waals surface area contributed by atoms with Crippen LogP contribution >= 0.6 is 0 Å². The van der Waals surface area contributed by atoms with Crippen molar-refractivity contribution in [2.24, 2.45) is 23.2 Å². The van der Waals surface area contributed by atoms with Crippen molar-refractivity contribution in [3.8, 4) is 0 Å². The first kappa shape index (κ1) is 16.5. The van der Waals surface area contributed by atoms with E-state index in [0.29, 0.717) is 11.8 Å². The third kappa shape index (κ3) is 2.64. The molecule has 0 spiro atoms. The fraction of sp³-hybridized carbons (Fsp3) is 0.435. The zero-order valence-corrected chi connectivity index (χ0v) is 14.9. The molecule has 2 saturated carbocycles. The van der Waals surface area contributed by atoms with Crippen molar-refractivity contribution in [3.05, 3.63) is 71.8 Å². The second kappa shape index (κ2) is 5.81. The standard InChI is InChI=1S/C23H26O2/c1-22(2,15-24)21(25)19-13-18(19)20-14-23(20,16-9-5-3-6-10-16)17-11-7-4-8-12-17/h3-12,15,18-21,25H,13-14H2,1-2H3. The van der Waals surface area contributed by atoms with E-state index in [1.165, 1.54) is 11.1 Å². The monoisotopic (exact) mass is 334 g/mol. The zero-order valence-electron chi connectivity index (χ0n) is 14.9. The van der Waals surface area contributed by atoms with Crippen LogP contribution in [0.4, 0.5) is 0 Å². The molecule has 130 valence electrons. The number of aliphatic hydroxyl groups is 1. The molecule has 2 aliphatic rings. The molecule has 2 fully saturated rings. The van der Waals surface area contributed by atoms with Gasteiger partial charge in [-0.05, 0) is 41.7 Å². The first-order valence-electron chi connectivity index (χ1n) is 9.26. The van der Waals surface area contributed by atoms with E-state index in [0.717, 1.165) is 19.1 Å². The maximum absolute atomic E-state index is 11.3. The predicted molar refractivity (Wildman–Crippen MR) is 99.2 cm³/mol. The highest BCUT2D eigenvalue weighted by Gasteiger charge is 2.66. The fourth-order valence-corrected chi connectivity index (χ4v) is 4.79. The summed E-state index contributed by atoms with van der Waals surface area (Å²) in [6.45, 7) is 3.68. The van der Waals surface area contributed by atoms with Gasteiger partial charge in [0.2, 0.25) is 0 Å². The summed E-state index contributed by atoms with van der Waals surface area (Å²) in [6.07, 6.45) is 2.53. The van der Waals surface area contributed by atoms with Crippen LogP contribution < -0.4 is 0 Å². The summed E-state index contributed by atoms with van der Waals surface area (Å²) in [6, 6.07) is 21.5. The van der Waals surface area contributed by atoms with Crippen molar-refractivity contribution >= 4 is 6.29 Å². The fourth-order valence-electron chi connectivity index (χ4n) is 4.79. The van der Waals surface area contributed by atoms with E-state index in [9.17, 15) is 9.90 Å². The normalized spacial score (nSPS) is 28.2. The quantitative estimate of drug-likeness (QED) is 0.803. The smallest absolute Gasteiger partial charge is 0.128 e. The molecule has 4 rings (SSSR count). The Balaban J connectivity index is 1.62. The Bertz CT molecular complexity index is 711. The third-order valence-corrected chi connectivity index (χ3v) is 6.47. The molecule has 25 heavy (non-hydrogen) atoms. The molecule has 0 saturated heterocycles. The van der Waals surface area contributed by atoms with E-state index in [4.69, 9.17) is 0 Å². The number of hydrogen-bond acceptors (Lipinski definition) is 2. The first-order valence-corrected chi connectivity index (χ1v) is 9.26. The van der Waals surface area contributed by atoms with Gasteiger partial charge in [-0.1, -0.05) is 74.5 Å². The van der Waals surface area contributed by atoms with Crippen LogP contribution in [-0.4, -0.2) is 17.5 Å². The molecule has 2 aromatic rings. The highest BCUT2D eigenvalue weighted by molar-refractivity contribution is 5.59. The number of rotatable bonds is 6. The molecule has 0 amide bonds. The average molecular weight is 334 g/mol. The van der Waals surface area contributed by atoms with E-state index in [-0.39, 0.29) is 11.3 Å². The maximum atomic E-state index is 11.3. The van der Waals surface area contributed by atoms with Crippen molar-refractivity contribution in [1.29, 1.82) is 0 Å². The SMILES string of the molecule is CC(C)(C=O)C(O)C1CC1C1CC1(c1ccccc1)c1ccccc1. The van der Waals surface area contributed by atoms with Crippen LogP contribution in [0.15, 0.2) is 60.7 Å². The van der Waals surface area contributed by atoms with Gasteiger partial charge in [0, 0.05) is 10.8 Å². The summed E-state index contributed by atoms with van der Waals surface area (Å²) < 4.78 is 0. The van der Waals surface area contributed by atoms with Crippen molar-refractivity contribution in [3.63, 3.8) is 0 Å². The van der Waals surface area contributed by atoms with Crippen molar-refractivity contribution in [2.45, 2.75) is 38.2 Å². The van der Waals surface area contributed by atoms with Crippen molar-refractivity contribution in [2.75, 3.05) is 0 Å². The van der Waals surface area contributed by atoms with Gasteiger partial charge in [0.25, 0.3) is 0 Å². The summed E-state index contributed by atoms with van der Waals surface area (Å²) in [5.74, 6) is 1.31. The summed E-state index contributed by atoms with van der Waals surface area (Å²) in [5, 5.41) is 10.6. The number of carbonyl (C=O) groups is 1. The third-order valence-electron chi connectivity index (χ3n) is 6.47. The van der Waals surface area contributed by atoms with Crippen LogP contribution in [0.1, 0.15) is 37.8 Å².